The molecule has 1 saturated carbocycles. The molecule has 92 valence electrons. The molecule has 0 aromatic heterocycles. The molecular formula is C13H13F3O. The van der Waals surface area contributed by atoms with Crippen LogP contribution in [0.15, 0.2) is 24.3 Å². The van der Waals surface area contributed by atoms with E-state index in [1.165, 1.54) is 12.1 Å². The van der Waals surface area contributed by atoms with Crippen LogP contribution in [0.1, 0.15) is 36.8 Å². The van der Waals surface area contributed by atoms with Crippen LogP contribution in [0.4, 0.5) is 13.2 Å². The van der Waals surface area contributed by atoms with Gasteiger partial charge in [0, 0.05) is 12.3 Å². The van der Waals surface area contributed by atoms with E-state index < -0.39 is 11.7 Å². The second-order valence-electron chi connectivity index (χ2n) is 4.52. The molecule has 0 spiro atoms. The van der Waals surface area contributed by atoms with Crippen molar-refractivity contribution in [2.75, 3.05) is 0 Å². The fourth-order valence-electron chi connectivity index (χ4n) is 2.40. The molecule has 0 N–H and O–H groups in total. The highest BCUT2D eigenvalue weighted by Crippen LogP contribution is 2.39. The molecule has 0 aliphatic heterocycles. The van der Waals surface area contributed by atoms with E-state index in [2.05, 4.69) is 0 Å². The normalized spacial score (nSPS) is 25.3. The number of Topliss-reactive ketones (excluding diaryl/α,β-unsaturated/α-hetero) is 1. The molecule has 0 heterocycles. The molecule has 1 aliphatic rings. The van der Waals surface area contributed by atoms with Crippen LogP contribution in [-0.2, 0) is 11.0 Å². The van der Waals surface area contributed by atoms with Crippen molar-refractivity contribution >= 4 is 5.78 Å². The van der Waals surface area contributed by atoms with Gasteiger partial charge in [-0.3, -0.25) is 4.79 Å². The van der Waals surface area contributed by atoms with Gasteiger partial charge in [-0.15, -0.1) is 0 Å². The SMILES string of the molecule is CC1C(=O)CCC1c1cccc(C(F)(F)F)c1. The maximum atomic E-state index is 12.6. The number of hydrogen-bond donors (Lipinski definition) is 0. The smallest absolute Gasteiger partial charge is 0.299 e. The second-order valence-corrected chi connectivity index (χ2v) is 4.52. The van der Waals surface area contributed by atoms with E-state index in [4.69, 9.17) is 0 Å². The van der Waals surface area contributed by atoms with Gasteiger partial charge in [0.1, 0.15) is 5.78 Å². The number of ketones is 1. The van der Waals surface area contributed by atoms with Crippen molar-refractivity contribution in [1.82, 2.24) is 0 Å². The summed E-state index contributed by atoms with van der Waals surface area (Å²) in [6.07, 6.45) is -3.19. The Morgan fingerprint density at radius 2 is 2.00 bits per heavy atom. The monoisotopic (exact) mass is 242 g/mol. The average Bonchev–Trinajstić information content (AvgIpc) is 2.59. The Labute approximate surface area is 97.6 Å². The van der Waals surface area contributed by atoms with E-state index >= 15 is 0 Å². The van der Waals surface area contributed by atoms with Gasteiger partial charge in [-0.05, 0) is 24.0 Å². The molecule has 2 unspecified atom stereocenters. The molecule has 2 atom stereocenters. The molecule has 17 heavy (non-hydrogen) atoms. The predicted molar refractivity (Wildman–Crippen MR) is 57.6 cm³/mol. The number of halogens is 3. The molecule has 1 aromatic carbocycles. The quantitative estimate of drug-likeness (QED) is 0.732. The third-order valence-corrected chi connectivity index (χ3v) is 3.46. The average molecular weight is 242 g/mol. The fraction of sp³-hybridized carbons (Fsp3) is 0.462. The lowest BCUT2D eigenvalue weighted by Crippen LogP contribution is -2.11. The summed E-state index contributed by atoms with van der Waals surface area (Å²) >= 11 is 0. The summed E-state index contributed by atoms with van der Waals surface area (Å²) in [4.78, 5) is 11.4. The van der Waals surface area contributed by atoms with Crippen molar-refractivity contribution in [1.29, 1.82) is 0 Å². The molecule has 1 fully saturated rings. The van der Waals surface area contributed by atoms with Crippen molar-refractivity contribution in [2.45, 2.75) is 31.9 Å². The van der Waals surface area contributed by atoms with Crippen LogP contribution >= 0.6 is 0 Å². The summed E-state index contributed by atoms with van der Waals surface area (Å²) in [6.45, 7) is 1.79. The third kappa shape index (κ3) is 2.35. The van der Waals surface area contributed by atoms with Crippen LogP contribution in [0.25, 0.3) is 0 Å². The fourth-order valence-corrected chi connectivity index (χ4v) is 2.40. The van der Waals surface area contributed by atoms with Gasteiger partial charge in [0.05, 0.1) is 5.56 Å². The van der Waals surface area contributed by atoms with Crippen LogP contribution < -0.4 is 0 Å². The highest BCUT2D eigenvalue weighted by Gasteiger charge is 2.34. The Hall–Kier alpha value is -1.32. The van der Waals surface area contributed by atoms with E-state index in [1.54, 1.807) is 13.0 Å². The van der Waals surface area contributed by atoms with Crippen LogP contribution in [-0.4, -0.2) is 5.78 Å². The predicted octanol–water partition coefficient (Wildman–Crippen LogP) is 3.79. The summed E-state index contributed by atoms with van der Waals surface area (Å²) in [5.41, 5.74) is -0.0141. The molecular weight excluding hydrogens is 229 g/mol. The first kappa shape index (κ1) is 12.1. The van der Waals surface area contributed by atoms with Crippen LogP contribution in [0, 0.1) is 5.92 Å². The van der Waals surface area contributed by atoms with E-state index in [-0.39, 0.29) is 17.6 Å². The first-order chi connectivity index (χ1) is 7.89. The molecule has 1 aromatic rings. The Kier molecular flexibility index (Phi) is 2.98. The summed E-state index contributed by atoms with van der Waals surface area (Å²) in [7, 11) is 0. The lowest BCUT2D eigenvalue weighted by atomic mass is 9.89. The first-order valence-electron chi connectivity index (χ1n) is 5.59. The van der Waals surface area contributed by atoms with Crippen LogP contribution in [0.5, 0.6) is 0 Å². The Balaban J connectivity index is 2.31. The number of benzene rings is 1. The standard InChI is InChI=1S/C13H13F3O/c1-8-11(5-6-12(8)17)9-3-2-4-10(7-9)13(14,15)16/h2-4,7-8,11H,5-6H2,1H3. The number of alkyl halides is 3. The molecule has 0 bridgehead atoms. The van der Waals surface area contributed by atoms with Gasteiger partial charge < -0.3 is 0 Å². The minimum atomic E-state index is -4.32. The molecule has 4 heteroatoms. The zero-order chi connectivity index (χ0) is 12.6. The number of carbonyl (C=O) groups is 1. The Morgan fingerprint density at radius 1 is 1.29 bits per heavy atom. The molecule has 0 amide bonds. The maximum absolute atomic E-state index is 12.6. The first-order valence-corrected chi connectivity index (χ1v) is 5.59. The summed E-state index contributed by atoms with van der Waals surface area (Å²) in [6, 6.07) is 5.31. The molecule has 0 saturated heterocycles. The molecule has 1 aliphatic carbocycles. The highest BCUT2D eigenvalue weighted by atomic mass is 19.4. The van der Waals surface area contributed by atoms with E-state index in [0.717, 1.165) is 6.07 Å². The molecule has 1 nitrogen and oxygen atoms in total. The van der Waals surface area contributed by atoms with Crippen LogP contribution in [0.3, 0.4) is 0 Å². The van der Waals surface area contributed by atoms with Crippen molar-refractivity contribution in [2.24, 2.45) is 5.92 Å². The van der Waals surface area contributed by atoms with E-state index in [0.29, 0.717) is 18.4 Å². The van der Waals surface area contributed by atoms with Gasteiger partial charge in [-0.25, -0.2) is 0 Å². The van der Waals surface area contributed by atoms with Gasteiger partial charge in [0.25, 0.3) is 0 Å². The summed E-state index contributed by atoms with van der Waals surface area (Å²) in [5.74, 6) is -0.0873. The Morgan fingerprint density at radius 3 is 2.53 bits per heavy atom. The van der Waals surface area contributed by atoms with Gasteiger partial charge in [0.15, 0.2) is 0 Å². The minimum absolute atomic E-state index is 0.0650. The number of rotatable bonds is 1. The lowest BCUT2D eigenvalue weighted by molar-refractivity contribution is -0.137. The van der Waals surface area contributed by atoms with Gasteiger partial charge in [-0.1, -0.05) is 25.1 Å². The zero-order valence-corrected chi connectivity index (χ0v) is 9.42. The molecule has 0 radical (unpaired) electrons. The minimum Gasteiger partial charge on any atom is -0.299 e. The van der Waals surface area contributed by atoms with Crippen molar-refractivity contribution in [3.05, 3.63) is 35.4 Å². The van der Waals surface area contributed by atoms with Crippen LogP contribution in [0.2, 0.25) is 0 Å². The van der Waals surface area contributed by atoms with E-state index in [9.17, 15) is 18.0 Å². The van der Waals surface area contributed by atoms with Gasteiger partial charge in [-0.2, -0.15) is 13.2 Å². The van der Waals surface area contributed by atoms with Gasteiger partial charge >= 0.3 is 6.18 Å². The third-order valence-electron chi connectivity index (χ3n) is 3.46. The highest BCUT2D eigenvalue weighted by molar-refractivity contribution is 5.84. The summed E-state index contributed by atoms with van der Waals surface area (Å²) < 4.78 is 37.7. The lowest BCUT2D eigenvalue weighted by Gasteiger charge is -2.16. The van der Waals surface area contributed by atoms with E-state index in [1.807, 2.05) is 0 Å². The topological polar surface area (TPSA) is 17.1 Å². The van der Waals surface area contributed by atoms with Crippen molar-refractivity contribution < 1.29 is 18.0 Å². The van der Waals surface area contributed by atoms with Crippen molar-refractivity contribution in [3.63, 3.8) is 0 Å². The van der Waals surface area contributed by atoms with Gasteiger partial charge in [0.2, 0.25) is 0 Å². The largest absolute Gasteiger partial charge is 0.416 e. The maximum Gasteiger partial charge on any atom is 0.416 e. The zero-order valence-electron chi connectivity index (χ0n) is 9.42. The molecule has 2 rings (SSSR count). The summed E-state index contributed by atoms with van der Waals surface area (Å²) in [5, 5.41) is 0. The second kappa shape index (κ2) is 4.17. The van der Waals surface area contributed by atoms with Crippen molar-refractivity contribution in [3.8, 4) is 0 Å². The number of hydrogen-bond acceptors (Lipinski definition) is 1. The number of carbonyl (C=O) groups excluding carboxylic acids is 1. The Bertz CT molecular complexity index is 437.